The van der Waals surface area contributed by atoms with Crippen molar-refractivity contribution in [2.75, 3.05) is 0 Å². The van der Waals surface area contributed by atoms with Gasteiger partial charge in [-0.1, -0.05) is 67.0 Å². The van der Waals surface area contributed by atoms with E-state index in [9.17, 15) is 4.79 Å². The van der Waals surface area contributed by atoms with Gasteiger partial charge in [0.1, 0.15) is 5.69 Å². The molecule has 7 heteroatoms. The minimum atomic E-state index is -0.253. The van der Waals surface area contributed by atoms with Crippen LogP contribution in [0, 0.1) is 6.92 Å². The van der Waals surface area contributed by atoms with Crippen molar-refractivity contribution in [1.82, 2.24) is 25.2 Å². The third-order valence-electron chi connectivity index (χ3n) is 4.70. The van der Waals surface area contributed by atoms with E-state index in [1.54, 1.807) is 10.9 Å². The molecule has 0 bridgehead atoms. The van der Waals surface area contributed by atoms with Crippen LogP contribution in [-0.2, 0) is 6.54 Å². The molecule has 2 heterocycles. The highest BCUT2D eigenvalue weighted by atomic mass is 16.5. The predicted molar refractivity (Wildman–Crippen MR) is 113 cm³/mol. The minimum Gasteiger partial charge on any atom is -0.343 e. The average Bonchev–Trinajstić information content (AvgIpc) is 3.41. The number of hydrogen-bond acceptors (Lipinski definition) is 5. The number of carbonyl (C=O) groups excluding carboxylic acids is 1. The van der Waals surface area contributed by atoms with Crippen LogP contribution in [0.2, 0.25) is 0 Å². The third-order valence-corrected chi connectivity index (χ3v) is 4.70. The van der Waals surface area contributed by atoms with E-state index in [0.717, 1.165) is 16.8 Å². The molecule has 0 fully saturated rings. The number of carbonyl (C=O) groups is 1. The van der Waals surface area contributed by atoms with Crippen LogP contribution in [0.3, 0.4) is 0 Å². The first kappa shape index (κ1) is 19.6. The summed E-state index contributed by atoms with van der Waals surface area (Å²) in [5.74, 6) is 0.905. The van der Waals surface area contributed by atoms with Crippen molar-refractivity contribution in [3.05, 3.63) is 83.6 Å². The Hall–Kier alpha value is -3.74. The minimum absolute atomic E-state index is 0.155. The Morgan fingerprint density at radius 3 is 2.50 bits per heavy atom. The monoisotopic (exact) mass is 401 g/mol. The lowest BCUT2D eigenvalue weighted by Gasteiger charge is -2.03. The maximum Gasteiger partial charge on any atom is 0.255 e. The van der Waals surface area contributed by atoms with E-state index in [2.05, 4.69) is 20.6 Å². The van der Waals surface area contributed by atoms with Crippen LogP contribution in [0.25, 0.3) is 16.9 Å². The second-order valence-corrected chi connectivity index (χ2v) is 7.42. The van der Waals surface area contributed by atoms with Gasteiger partial charge >= 0.3 is 0 Å². The third kappa shape index (κ3) is 4.15. The topological polar surface area (TPSA) is 85.8 Å². The molecule has 0 aliphatic heterocycles. The fraction of sp³-hybridized carbons (Fsp3) is 0.217. The molecule has 1 N–H and O–H groups in total. The first-order chi connectivity index (χ1) is 14.5. The van der Waals surface area contributed by atoms with E-state index in [-0.39, 0.29) is 18.4 Å². The zero-order valence-corrected chi connectivity index (χ0v) is 17.2. The Balaban J connectivity index is 1.63. The molecule has 0 saturated carbocycles. The van der Waals surface area contributed by atoms with Crippen LogP contribution >= 0.6 is 0 Å². The van der Waals surface area contributed by atoms with Gasteiger partial charge in [0.25, 0.3) is 5.91 Å². The fourth-order valence-electron chi connectivity index (χ4n) is 3.00. The van der Waals surface area contributed by atoms with Gasteiger partial charge in [0.2, 0.25) is 5.89 Å². The number of nitrogens with one attached hydrogen (secondary N) is 1. The maximum absolute atomic E-state index is 13.0. The molecule has 30 heavy (non-hydrogen) atoms. The molecular weight excluding hydrogens is 378 g/mol. The molecule has 152 valence electrons. The molecule has 4 rings (SSSR count). The fourth-order valence-corrected chi connectivity index (χ4v) is 3.00. The van der Waals surface area contributed by atoms with Crippen molar-refractivity contribution < 1.29 is 9.32 Å². The average molecular weight is 401 g/mol. The highest BCUT2D eigenvalue weighted by molar-refractivity contribution is 5.99. The quantitative estimate of drug-likeness (QED) is 0.521. The summed E-state index contributed by atoms with van der Waals surface area (Å²) >= 11 is 0. The van der Waals surface area contributed by atoms with E-state index in [0.29, 0.717) is 23.0 Å². The molecule has 0 aliphatic carbocycles. The molecule has 1 amide bonds. The van der Waals surface area contributed by atoms with Gasteiger partial charge in [0.15, 0.2) is 5.82 Å². The van der Waals surface area contributed by atoms with Crippen LogP contribution in [-0.4, -0.2) is 25.8 Å². The lowest BCUT2D eigenvalue weighted by Crippen LogP contribution is -2.23. The van der Waals surface area contributed by atoms with Gasteiger partial charge in [-0.15, -0.1) is 0 Å². The van der Waals surface area contributed by atoms with Crippen molar-refractivity contribution in [3.63, 3.8) is 0 Å². The molecule has 0 saturated heterocycles. The summed E-state index contributed by atoms with van der Waals surface area (Å²) in [6.45, 7) is 6.16. The molecule has 4 aromatic rings. The number of aromatic nitrogens is 4. The second-order valence-electron chi connectivity index (χ2n) is 7.42. The van der Waals surface area contributed by atoms with E-state index in [1.807, 2.05) is 75.4 Å². The largest absolute Gasteiger partial charge is 0.343 e. The van der Waals surface area contributed by atoms with Crippen LogP contribution in [0.4, 0.5) is 0 Å². The van der Waals surface area contributed by atoms with Gasteiger partial charge in [-0.3, -0.25) is 4.79 Å². The summed E-state index contributed by atoms with van der Waals surface area (Å²) in [7, 11) is 0. The van der Waals surface area contributed by atoms with Crippen molar-refractivity contribution in [2.45, 2.75) is 33.2 Å². The second kappa shape index (κ2) is 8.32. The van der Waals surface area contributed by atoms with Crippen molar-refractivity contribution in [3.8, 4) is 16.9 Å². The summed E-state index contributed by atoms with van der Waals surface area (Å²) in [6, 6.07) is 17.6. The van der Waals surface area contributed by atoms with Crippen LogP contribution in [0.1, 0.15) is 47.4 Å². The zero-order chi connectivity index (χ0) is 21.1. The number of nitrogens with zero attached hydrogens (tertiary/aromatic N) is 4. The molecule has 0 radical (unpaired) electrons. The summed E-state index contributed by atoms with van der Waals surface area (Å²) in [5, 5.41) is 11.5. The van der Waals surface area contributed by atoms with E-state index >= 15 is 0 Å². The summed E-state index contributed by atoms with van der Waals surface area (Å²) in [6.07, 6.45) is 1.75. The number of rotatable bonds is 6. The van der Waals surface area contributed by atoms with Gasteiger partial charge in [0, 0.05) is 17.7 Å². The summed E-state index contributed by atoms with van der Waals surface area (Å²) < 4.78 is 6.94. The van der Waals surface area contributed by atoms with Crippen LogP contribution in [0.5, 0.6) is 0 Å². The number of amides is 1. The van der Waals surface area contributed by atoms with Crippen molar-refractivity contribution >= 4 is 5.91 Å². The smallest absolute Gasteiger partial charge is 0.255 e. The van der Waals surface area contributed by atoms with Gasteiger partial charge in [0.05, 0.1) is 17.8 Å². The summed E-state index contributed by atoms with van der Waals surface area (Å²) in [4.78, 5) is 17.3. The number of hydrogen-bond donors (Lipinski definition) is 1. The molecule has 2 aromatic carbocycles. The van der Waals surface area contributed by atoms with Crippen LogP contribution < -0.4 is 5.32 Å². The Kier molecular flexibility index (Phi) is 5.43. The molecule has 0 unspecified atom stereocenters. The van der Waals surface area contributed by atoms with Gasteiger partial charge < -0.3 is 9.84 Å². The Morgan fingerprint density at radius 2 is 1.83 bits per heavy atom. The normalized spacial score (nSPS) is 11.1. The Bertz CT molecular complexity index is 1140. The lowest BCUT2D eigenvalue weighted by molar-refractivity contribution is 0.0947. The van der Waals surface area contributed by atoms with E-state index in [1.165, 1.54) is 0 Å². The highest BCUT2D eigenvalue weighted by Gasteiger charge is 2.19. The maximum atomic E-state index is 13.0. The predicted octanol–water partition coefficient (Wildman–Crippen LogP) is 4.28. The molecule has 2 aromatic heterocycles. The zero-order valence-electron chi connectivity index (χ0n) is 17.2. The number of aryl methyl sites for hydroxylation is 1. The number of benzene rings is 2. The Morgan fingerprint density at radius 1 is 1.10 bits per heavy atom. The standard InChI is InChI=1S/C23H23N5O2/c1-15(2)22-25-20(30-27-22)13-24-23(29)19-14-28(18-11-9-16(3)10-12-18)26-21(19)17-7-5-4-6-8-17/h4-12,14-15H,13H2,1-3H3,(H,24,29). The Labute approximate surface area is 174 Å². The van der Waals surface area contributed by atoms with Crippen molar-refractivity contribution in [2.24, 2.45) is 0 Å². The molecule has 0 spiro atoms. The van der Waals surface area contributed by atoms with Crippen LogP contribution in [0.15, 0.2) is 65.3 Å². The van der Waals surface area contributed by atoms with Gasteiger partial charge in [-0.2, -0.15) is 10.1 Å². The lowest BCUT2D eigenvalue weighted by atomic mass is 10.1. The highest BCUT2D eigenvalue weighted by Crippen LogP contribution is 2.24. The van der Waals surface area contributed by atoms with E-state index < -0.39 is 0 Å². The molecule has 7 nitrogen and oxygen atoms in total. The SMILES string of the molecule is Cc1ccc(-n2cc(C(=O)NCc3nc(C(C)C)no3)c(-c3ccccc3)n2)cc1. The first-order valence-electron chi connectivity index (χ1n) is 9.84. The van der Waals surface area contributed by atoms with Gasteiger partial charge in [-0.25, -0.2) is 4.68 Å². The van der Waals surface area contributed by atoms with E-state index in [4.69, 9.17) is 4.52 Å². The first-order valence-corrected chi connectivity index (χ1v) is 9.84. The summed E-state index contributed by atoms with van der Waals surface area (Å²) in [5.41, 5.74) is 4.00. The van der Waals surface area contributed by atoms with Crippen molar-refractivity contribution in [1.29, 1.82) is 0 Å². The molecular formula is C23H23N5O2. The molecule has 0 atom stereocenters. The van der Waals surface area contributed by atoms with Gasteiger partial charge in [-0.05, 0) is 19.1 Å². The molecule has 0 aliphatic rings.